The van der Waals surface area contributed by atoms with Gasteiger partial charge in [0.15, 0.2) is 0 Å². The summed E-state index contributed by atoms with van der Waals surface area (Å²) >= 11 is 1.80. The Morgan fingerprint density at radius 3 is 2.64 bits per heavy atom. The number of amides is 1. The zero-order chi connectivity index (χ0) is 31.0. The maximum Gasteiger partial charge on any atom is 0.262 e. The van der Waals surface area contributed by atoms with Gasteiger partial charge in [0, 0.05) is 79.0 Å². The molecule has 0 spiro atoms. The molecule has 2 fully saturated rings. The summed E-state index contributed by atoms with van der Waals surface area (Å²) in [5.41, 5.74) is 1.74. The van der Waals surface area contributed by atoms with Crippen molar-refractivity contribution in [2.24, 2.45) is 13.0 Å². The number of likely N-dealkylation sites (tertiary alicyclic amines) is 2. The molecule has 2 aliphatic rings. The lowest BCUT2D eigenvalue weighted by atomic mass is 9.79. The molecule has 2 atom stereocenters. The van der Waals surface area contributed by atoms with Gasteiger partial charge in [-0.2, -0.15) is 0 Å². The Kier molecular flexibility index (Phi) is 8.12. The summed E-state index contributed by atoms with van der Waals surface area (Å²) in [6.45, 7) is 3.64. The van der Waals surface area contributed by atoms with Gasteiger partial charge in [-0.15, -0.1) is 11.3 Å². The average molecular weight is 623 g/mol. The monoisotopic (exact) mass is 622 g/mol. The van der Waals surface area contributed by atoms with E-state index in [1.165, 1.54) is 26.2 Å². The summed E-state index contributed by atoms with van der Waals surface area (Å²) in [5.74, 6) is 0.148. The van der Waals surface area contributed by atoms with Gasteiger partial charge in [0.2, 0.25) is 5.91 Å². The number of nitrogens with zero attached hydrogens (tertiary/aromatic N) is 6. The Hall–Kier alpha value is -4.12. The van der Waals surface area contributed by atoms with Crippen LogP contribution < -0.4 is 5.56 Å². The molecule has 45 heavy (non-hydrogen) atoms. The first-order valence-corrected chi connectivity index (χ1v) is 16.5. The fourth-order valence-electron chi connectivity index (χ4n) is 6.99. The Balaban J connectivity index is 1.02. The van der Waals surface area contributed by atoms with E-state index in [4.69, 9.17) is 0 Å². The van der Waals surface area contributed by atoms with Crippen LogP contribution in [0.25, 0.3) is 21.5 Å². The highest BCUT2D eigenvalue weighted by Crippen LogP contribution is 2.37. The largest absolute Gasteiger partial charge is 0.388 e. The first-order chi connectivity index (χ1) is 21.9. The fourth-order valence-corrected chi connectivity index (χ4v) is 8.03. The van der Waals surface area contributed by atoms with E-state index in [9.17, 15) is 14.7 Å². The van der Waals surface area contributed by atoms with Crippen LogP contribution in [0.5, 0.6) is 0 Å². The van der Waals surface area contributed by atoms with Gasteiger partial charge in [0.05, 0.1) is 17.5 Å². The van der Waals surface area contributed by atoms with Gasteiger partial charge in [-0.3, -0.25) is 24.0 Å². The van der Waals surface area contributed by atoms with Gasteiger partial charge in [-0.25, -0.2) is 4.98 Å². The fraction of sp³-hybridized carbons (Fsp3) is 0.371. The third kappa shape index (κ3) is 6.10. The van der Waals surface area contributed by atoms with E-state index in [-0.39, 0.29) is 29.8 Å². The van der Waals surface area contributed by atoms with Gasteiger partial charge in [0.25, 0.3) is 5.56 Å². The molecular weight excluding hydrogens is 584 g/mol. The Morgan fingerprint density at radius 2 is 1.87 bits per heavy atom. The molecule has 1 amide bonds. The van der Waals surface area contributed by atoms with Crippen molar-refractivity contribution in [1.29, 1.82) is 0 Å². The minimum Gasteiger partial charge on any atom is -0.388 e. The minimum atomic E-state index is -1.07. The average Bonchev–Trinajstić information content (AvgIpc) is 3.70. The predicted molar refractivity (Wildman–Crippen MR) is 176 cm³/mol. The topological polar surface area (TPSA) is 96.5 Å². The second-order valence-corrected chi connectivity index (χ2v) is 13.7. The number of aryl methyl sites for hydroxylation is 1. The molecule has 0 saturated carbocycles. The lowest BCUT2D eigenvalue weighted by molar-refractivity contribution is -0.142. The number of benzene rings is 1. The van der Waals surface area contributed by atoms with E-state index in [2.05, 4.69) is 57.3 Å². The molecule has 6 heterocycles. The smallest absolute Gasteiger partial charge is 0.262 e. The van der Waals surface area contributed by atoms with Crippen molar-refractivity contribution in [3.63, 3.8) is 0 Å². The maximum atomic E-state index is 14.1. The lowest BCUT2D eigenvalue weighted by Gasteiger charge is -2.43. The Labute approximate surface area is 266 Å². The van der Waals surface area contributed by atoms with Gasteiger partial charge in [0.1, 0.15) is 12.0 Å². The molecule has 232 valence electrons. The standard InChI is InChI=1S/C35H38N6O3S/c1-38-16-11-29-32(38)37-24-41(34(29)43)23-35(44)13-18-40(19-14-35)33(42)28-12-17-39(22-30(28)25-6-3-2-4-7-25)21-27-9-10-31(45-27)26-8-5-15-36-20-26/h2-11,15-16,20,24,28,30,44H,12-14,17-19,21-23H2,1H3/t28-,30+/m1/s1. The van der Waals surface area contributed by atoms with Crippen LogP contribution in [0.4, 0.5) is 0 Å². The number of fused-ring (bicyclic) bond motifs is 1. The molecule has 5 aromatic rings. The van der Waals surface area contributed by atoms with E-state index in [0.717, 1.165) is 31.6 Å². The summed E-state index contributed by atoms with van der Waals surface area (Å²) in [4.78, 5) is 42.8. The molecular formula is C35H38N6O3S. The van der Waals surface area contributed by atoms with Crippen LogP contribution in [0.2, 0.25) is 0 Å². The summed E-state index contributed by atoms with van der Waals surface area (Å²) in [6.07, 6.45) is 8.67. The van der Waals surface area contributed by atoms with Crippen molar-refractivity contribution in [1.82, 2.24) is 28.9 Å². The minimum absolute atomic E-state index is 0.0910. The normalized spacial score (nSPS) is 20.4. The summed E-state index contributed by atoms with van der Waals surface area (Å²) in [6, 6.07) is 20.6. The molecule has 0 radical (unpaired) electrons. The zero-order valence-corrected chi connectivity index (χ0v) is 26.3. The molecule has 9 nitrogen and oxygen atoms in total. The SMILES string of the molecule is Cn1ccc2c(=O)n(CC3(O)CCN(C(=O)[C@@H]4CCN(Cc5ccc(-c6cccnc6)s5)C[C@H]4c4ccccc4)CC3)cnc21. The number of hydrogen-bond acceptors (Lipinski definition) is 7. The molecule has 2 saturated heterocycles. The van der Waals surface area contributed by atoms with Crippen molar-refractivity contribution in [2.75, 3.05) is 26.2 Å². The number of pyridine rings is 1. The van der Waals surface area contributed by atoms with Crippen LogP contribution in [0.3, 0.4) is 0 Å². The highest BCUT2D eigenvalue weighted by atomic mass is 32.1. The highest BCUT2D eigenvalue weighted by molar-refractivity contribution is 7.15. The van der Waals surface area contributed by atoms with Gasteiger partial charge < -0.3 is 14.6 Å². The third-order valence-electron chi connectivity index (χ3n) is 9.55. The highest BCUT2D eigenvalue weighted by Gasteiger charge is 2.41. The van der Waals surface area contributed by atoms with Crippen molar-refractivity contribution in [2.45, 2.75) is 43.9 Å². The lowest BCUT2D eigenvalue weighted by Crippen LogP contribution is -2.53. The summed E-state index contributed by atoms with van der Waals surface area (Å²) in [5, 5.41) is 12.0. The van der Waals surface area contributed by atoms with Crippen LogP contribution in [0, 0.1) is 5.92 Å². The number of carbonyl (C=O) groups is 1. The second kappa shape index (κ2) is 12.3. The molecule has 0 aliphatic carbocycles. The van der Waals surface area contributed by atoms with Crippen molar-refractivity contribution < 1.29 is 9.90 Å². The predicted octanol–water partition coefficient (Wildman–Crippen LogP) is 4.52. The molecule has 0 bridgehead atoms. The van der Waals surface area contributed by atoms with Gasteiger partial charge in [-0.05, 0) is 55.6 Å². The van der Waals surface area contributed by atoms with Gasteiger partial charge in [-0.1, -0.05) is 36.4 Å². The van der Waals surface area contributed by atoms with E-state index in [1.807, 2.05) is 41.0 Å². The van der Waals surface area contributed by atoms with E-state index in [0.29, 0.717) is 37.0 Å². The number of aromatic nitrogens is 4. The molecule has 4 aromatic heterocycles. The van der Waals surface area contributed by atoms with Crippen LogP contribution in [0.15, 0.2) is 90.4 Å². The number of aliphatic hydroxyl groups is 1. The third-order valence-corrected chi connectivity index (χ3v) is 10.7. The van der Waals surface area contributed by atoms with Crippen LogP contribution in [-0.2, 0) is 24.9 Å². The maximum absolute atomic E-state index is 14.1. The quantitative estimate of drug-likeness (QED) is 0.287. The van der Waals surface area contributed by atoms with Crippen molar-refractivity contribution in [3.05, 3.63) is 106 Å². The van der Waals surface area contributed by atoms with E-state index in [1.54, 1.807) is 23.6 Å². The van der Waals surface area contributed by atoms with Gasteiger partial charge >= 0.3 is 0 Å². The van der Waals surface area contributed by atoms with Crippen molar-refractivity contribution >= 4 is 28.3 Å². The van der Waals surface area contributed by atoms with Crippen LogP contribution in [0.1, 0.15) is 35.6 Å². The van der Waals surface area contributed by atoms with Crippen molar-refractivity contribution in [3.8, 4) is 10.4 Å². The molecule has 10 heteroatoms. The van der Waals surface area contributed by atoms with Crippen LogP contribution >= 0.6 is 11.3 Å². The molecule has 1 N–H and O–H groups in total. The van der Waals surface area contributed by atoms with E-state index < -0.39 is 5.60 Å². The Morgan fingerprint density at radius 1 is 1.04 bits per heavy atom. The molecule has 7 rings (SSSR count). The molecule has 1 aromatic carbocycles. The molecule has 2 aliphatic heterocycles. The molecule has 0 unspecified atom stereocenters. The van der Waals surface area contributed by atoms with E-state index >= 15 is 0 Å². The zero-order valence-electron chi connectivity index (χ0n) is 25.5. The Bertz CT molecular complexity index is 1840. The summed E-state index contributed by atoms with van der Waals surface area (Å²) in [7, 11) is 1.86. The number of thiophene rings is 1. The number of piperidine rings is 2. The first-order valence-electron chi connectivity index (χ1n) is 15.6. The number of hydrogen-bond donors (Lipinski definition) is 1. The summed E-state index contributed by atoms with van der Waals surface area (Å²) < 4.78 is 3.32. The number of rotatable bonds is 7. The number of carbonyl (C=O) groups excluding carboxylic acids is 1. The second-order valence-electron chi connectivity index (χ2n) is 12.5. The first kappa shape index (κ1) is 29.6. The van der Waals surface area contributed by atoms with Crippen LogP contribution in [-0.4, -0.2) is 71.7 Å².